The van der Waals surface area contributed by atoms with E-state index in [0.29, 0.717) is 0 Å². The first-order chi connectivity index (χ1) is 13.2. The summed E-state index contributed by atoms with van der Waals surface area (Å²) in [5, 5.41) is 19.5. The van der Waals surface area contributed by atoms with Crippen LogP contribution in [0.25, 0.3) is 10.8 Å². The summed E-state index contributed by atoms with van der Waals surface area (Å²) in [7, 11) is 0. The molecule has 0 atom stereocenters. The molecule has 4 heteroatoms. The molecule has 0 unspecified atom stereocenters. The maximum Gasteiger partial charge on any atom is 0.124 e. The number of phenolic OH excluding ortho intramolecular Hbond substituents is 1. The van der Waals surface area contributed by atoms with Crippen LogP contribution in [0.1, 0.15) is 18.1 Å². The highest BCUT2D eigenvalue weighted by atomic mass is 16.3. The van der Waals surface area contributed by atoms with Gasteiger partial charge in [0.25, 0.3) is 0 Å². The van der Waals surface area contributed by atoms with Crippen LogP contribution >= 0.6 is 0 Å². The van der Waals surface area contributed by atoms with Crippen LogP contribution in [0.2, 0.25) is 0 Å². The first-order valence-corrected chi connectivity index (χ1v) is 9.48. The molecule has 4 rings (SSSR count). The summed E-state index contributed by atoms with van der Waals surface area (Å²) in [6.07, 6.45) is 0. The number of para-hydroxylation sites is 1. The molecule has 0 spiro atoms. The van der Waals surface area contributed by atoms with E-state index in [1.165, 1.54) is 16.3 Å². The van der Waals surface area contributed by atoms with E-state index in [1.54, 1.807) is 6.07 Å². The lowest BCUT2D eigenvalue weighted by Crippen LogP contribution is -2.43. The number of benzene rings is 3. The van der Waals surface area contributed by atoms with E-state index < -0.39 is 0 Å². The first-order valence-electron chi connectivity index (χ1n) is 9.48. The lowest BCUT2D eigenvalue weighted by molar-refractivity contribution is 0.131. The molecule has 1 saturated heterocycles. The van der Waals surface area contributed by atoms with Gasteiger partial charge in [-0.15, -0.1) is 0 Å². The Balaban J connectivity index is 1.40. The molecule has 0 aliphatic carbocycles. The van der Waals surface area contributed by atoms with Crippen molar-refractivity contribution in [3.05, 3.63) is 77.9 Å². The monoisotopic (exact) mass is 359 g/mol. The molecule has 3 aromatic rings. The quantitative estimate of drug-likeness (QED) is 0.713. The summed E-state index contributed by atoms with van der Waals surface area (Å²) >= 11 is 0. The van der Waals surface area contributed by atoms with Crippen molar-refractivity contribution >= 4 is 16.5 Å². The van der Waals surface area contributed by atoms with E-state index in [2.05, 4.69) is 52.4 Å². The normalized spacial score (nSPS) is 16.0. The third-order valence-corrected chi connectivity index (χ3v) is 5.21. The van der Waals surface area contributed by atoms with Gasteiger partial charge in [-0.1, -0.05) is 54.6 Å². The molecule has 3 aromatic carbocycles. The molecule has 0 radical (unpaired) electrons. The highest BCUT2D eigenvalue weighted by molar-refractivity contribution is 6.00. The number of aromatic hydroxyl groups is 1. The molecule has 0 bridgehead atoms. The van der Waals surface area contributed by atoms with Gasteiger partial charge in [0, 0.05) is 38.3 Å². The highest BCUT2D eigenvalue weighted by Crippen LogP contribution is 2.21. The zero-order chi connectivity index (χ0) is 18.6. The van der Waals surface area contributed by atoms with Crippen LogP contribution in [0.5, 0.6) is 5.75 Å². The van der Waals surface area contributed by atoms with Crippen LogP contribution in [-0.2, 0) is 6.54 Å². The average Bonchev–Trinajstić information content (AvgIpc) is 2.70. The molecule has 0 aromatic heterocycles. The second-order valence-electron chi connectivity index (χ2n) is 7.07. The standard InChI is InChI=1S/C23H25N3O/c1-18(21-10-4-5-12-23(21)27)24-26-15-13-25(14-16-26)17-20-9-6-8-19-7-2-3-11-22(19)20/h2-12,27H,13-17H2,1H3/b24-18+. The van der Waals surface area contributed by atoms with E-state index in [4.69, 9.17) is 5.10 Å². The Hall–Kier alpha value is -2.85. The van der Waals surface area contributed by atoms with Crippen LogP contribution in [0.4, 0.5) is 0 Å². The fourth-order valence-electron chi connectivity index (χ4n) is 3.71. The number of fused-ring (bicyclic) bond motifs is 1. The molecule has 27 heavy (non-hydrogen) atoms. The lowest BCUT2D eigenvalue weighted by atomic mass is 10.0. The van der Waals surface area contributed by atoms with Gasteiger partial charge in [0.1, 0.15) is 5.75 Å². The maximum absolute atomic E-state index is 10.00. The van der Waals surface area contributed by atoms with E-state index in [-0.39, 0.29) is 5.75 Å². The fraction of sp³-hybridized carbons (Fsp3) is 0.261. The Kier molecular flexibility index (Phi) is 5.07. The van der Waals surface area contributed by atoms with Crippen molar-refractivity contribution in [2.45, 2.75) is 13.5 Å². The largest absolute Gasteiger partial charge is 0.507 e. The van der Waals surface area contributed by atoms with Gasteiger partial charge in [0.15, 0.2) is 0 Å². The SMILES string of the molecule is C/C(=N\N1CCN(Cc2cccc3ccccc23)CC1)c1ccccc1O. The number of hydrogen-bond donors (Lipinski definition) is 1. The summed E-state index contributed by atoms with van der Waals surface area (Å²) in [6, 6.07) is 22.5. The third-order valence-electron chi connectivity index (χ3n) is 5.21. The molecule has 1 fully saturated rings. The number of nitrogens with zero attached hydrogens (tertiary/aromatic N) is 3. The molecule has 1 aliphatic heterocycles. The van der Waals surface area contributed by atoms with Gasteiger partial charge in [-0.3, -0.25) is 9.91 Å². The molecule has 0 saturated carbocycles. The number of phenols is 1. The Morgan fingerprint density at radius 3 is 2.41 bits per heavy atom. The number of rotatable bonds is 4. The van der Waals surface area contributed by atoms with E-state index >= 15 is 0 Å². The zero-order valence-corrected chi connectivity index (χ0v) is 15.7. The number of hydrazone groups is 1. The van der Waals surface area contributed by atoms with Gasteiger partial charge in [-0.05, 0) is 35.4 Å². The zero-order valence-electron chi connectivity index (χ0n) is 15.7. The van der Waals surface area contributed by atoms with Gasteiger partial charge >= 0.3 is 0 Å². The summed E-state index contributed by atoms with van der Waals surface area (Å²) < 4.78 is 0. The van der Waals surface area contributed by atoms with Crippen molar-refractivity contribution in [1.82, 2.24) is 9.91 Å². The smallest absolute Gasteiger partial charge is 0.124 e. The first kappa shape index (κ1) is 17.6. The molecular weight excluding hydrogens is 334 g/mol. The maximum atomic E-state index is 10.00. The Morgan fingerprint density at radius 2 is 1.59 bits per heavy atom. The summed E-state index contributed by atoms with van der Waals surface area (Å²) in [4.78, 5) is 2.49. The van der Waals surface area contributed by atoms with Gasteiger partial charge in [0.2, 0.25) is 0 Å². The van der Waals surface area contributed by atoms with E-state index in [9.17, 15) is 5.11 Å². The summed E-state index contributed by atoms with van der Waals surface area (Å²) in [6.45, 7) is 6.70. The third kappa shape index (κ3) is 3.96. The average molecular weight is 359 g/mol. The van der Waals surface area contributed by atoms with Crippen molar-refractivity contribution in [2.24, 2.45) is 5.10 Å². The predicted molar refractivity (Wildman–Crippen MR) is 111 cm³/mol. The molecule has 0 amide bonds. The molecule has 1 aliphatic rings. The fourth-order valence-corrected chi connectivity index (χ4v) is 3.71. The molecule has 1 heterocycles. The minimum Gasteiger partial charge on any atom is -0.507 e. The van der Waals surface area contributed by atoms with Crippen molar-refractivity contribution in [1.29, 1.82) is 0 Å². The topological polar surface area (TPSA) is 39.1 Å². The molecule has 138 valence electrons. The molecular formula is C23H25N3O. The molecule has 1 N–H and O–H groups in total. The van der Waals surface area contributed by atoms with Crippen LogP contribution < -0.4 is 0 Å². The van der Waals surface area contributed by atoms with Crippen LogP contribution in [-0.4, -0.2) is 46.9 Å². The minimum absolute atomic E-state index is 0.286. The Labute approximate surface area is 160 Å². The van der Waals surface area contributed by atoms with Crippen molar-refractivity contribution in [3.8, 4) is 5.75 Å². The van der Waals surface area contributed by atoms with Gasteiger partial charge in [0.05, 0.1) is 5.71 Å². The number of piperazine rings is 1. The molecule has 4 nitrogen and oxygen atoms in total. The van der Waals surface area contributed by atoms with Crippen LogP contribution in [0.3, 0.4) is 0 Å². The van der Waals surface area contributed by atoms with Crippen molar-refractivity contribution < 1.29 is 5.11 Å². The Bertz CT molecular complexity index is 953. The summed E-state index contributed by atoms with van der Waals surface area (Å²) in [5.74, 6) is 0.286. The van der Waals surface area contributed by atoms with Gasteiger partial charge < -0.3 is 5.11 Å². The van der Waals surface area contributed by atoms with Crippen molar-refractivity contribution in [2.75, 3.05) is 26.2 Å². The number of hydrogen-bond acceptors (Lipinski definition) is 4. The van der Waals surface area contributed by atoms with Crippen LogP contribution in [0, 0.1) is 0 Å². The van der Waals surface area contributed by atoms with Crippen LogP contribution in [0.15, 0.2) is 71.8 Å². The van der Waals surface area contributed by atoms with Gasteiger partial charge in [-0.25, -0.2) is 0 Å². The second kappa shape index (κ2) is 7.80. The Morgan fingerprint density at radius 1 is 0.889 bits per heavy atom. The lowest BCUT2D eigenvalue weighted by Gasteiger charge is -2.33. The summed E-state index contributed by atoms with van der Waals surface area (Å²) in [5.41, 5.74) is 3.04. The predicted octanol–water partition coefficient (Wildman–Crippen LogP) is 4.09. The van der Waals surface area contributed by atoms with E-state index in [1.807, 2.05) is 25.1 Å². The van der Waals surface area contributed by atoms with E-state index in [0.717, 1.165) is 44.0 Å². The highest BCUT2D eigenvalue weighted by Gasteiger charge is 2.17. The minimum atomic E-state index is 0.286. The van der Waals surface area contributed by atoms with Gasteiger partial charge in [-0.2, -0.15) is 5.10 Å². The van der Waals surface area contributed by atoms with Crippen molar-refractivity contribution in [3.63, 3.8) is 0 Å². The second-order valence-corrected chi connectivity index (χ2v) is 7.07.